The van der Waals surface area contributed by atoms with Gasteiger partial charge >= 0.3 is 0 Å². The molecule has 2 rings (SSSR count). The number of benzene rings is 1. The van der Waals surface area contributed by atoms with Gasteiger partial charge in [-0.05, 0) is 47.5 Å². The minimum atomic E-state index is -3.66. The summed E-state index contributed by atoms with van der Waals surface area (Å²) in [5, 5.41) is 4.01. The molecule has 0 aliphatic heterocycles. The summed E-state index contributed by atoms with van der Waals surface area (Å²) in [5.74, 6) is 0. The zero-order valence-electron chi connectivity index (χ0n) is 11.0. The fraction of sp³-hybridized carbons (Fsp3) is 0.154. The van der Waals surface area contributed by atoms with Gasteiger partial charge in [-0.15, -0.1) is 0 Å². The maximum Gasteiger partial charge on any atom is 0.241 e. The second-order valence-corrected chi connectivity index (χ2v) is 7.75. The topological polar surface area (TPSA) is 72.2 Å². The molecule has 0 aliphatic rings. The van der Waals surface area contributed by atoms with Gasteiger partial charge in [0.15, 0.2) is 0 Å². The van der Waals surface area contributed by atoms with Gasteiger partial charge in [-0.3, -0.25) is 0 Å². The average Bonchev–Trinajstić information content (AvgIpc) is 2.91. The van der Waals surface area contributed by atoms with Crippen molar-refractivity contribution in [1.29, 1.82) is 0 Å². The molecule has 3 N–H and O–H groups in total. The molecule has 1 unspecified atom stereocenters. The van der Waals surface area contributed by atoms with Gasteiger partial charge in [0.25, 0.3) is 0 Å². The highest BCUT2D eigenvalue weighted by molar-refractivity contribution is 7.89. The smallest absolute Gasteiger partial charge is 0.241 e. The molecule has 21 heavy (non-hydrogen) atoms. The Morgan fingerprint density at radius 3 is 2.67 bits per heavy atom. The van der Waals surface area contributed by atoms with Crippen molar-refractivity contribution < 1.29 is 8.42 Å². The maximum absolute atomic E-state index is 12.3. The van der Waals surface area contributed by atoms with Crippen LogP contribution in [0.4, 0.5) is 0 Å². The van der Waals surface area contributed by atoms with E-state index in [-0.39, 0.29) is 20.9 Å². The van der Waals surface area contributed by atoms with Crippen LogP contribution < -0.4 is 10.5 Å². The summed E-state index contributed by atoms with van der Waals surface area (Å²) in [6, 6.07) is 5.84. The van der Waals surface area contributed by atoms with Crippen LogP contribution in [0.1, 0.15) is 24.1 Å². The Hall–Kier alpha value is -0.990. The molecule has 0 bridgehead atoms. The molecule has 0 amide bonds. The van der Waals surface area contributed by atoms with Crippen LogP contribution >= 0.6 is 35.2 Å². The lowest BCUT2D eigenvalue weighted by Gasteiger charge is -2.14. The third-order valence-electron chi connectivity index (χ3n) is 2.89. The Balaban J connectivity index is 2.28. The lowest BCUT2D eigenvalue weighted by atomic mass is 10.2. The van der Waals surface area contributed by atoms with E-state index >= 15 is 0 Å². The van der Waals surface area contributed by atoms with Crippen LogP contribution in [0.2, 0.25) is 5.02 Å². The molecule has 0 saturated heterocycles. The predicted molar refractivity (Wildman–Crippen MR) is 90.4 cm³/mol. The quantitative estimate of drug-likeness (QED) is 0.804. The van der Waals surface area contributed by atoms with Crippen LogP contribution in [0.25, 0.3) is 0 Å². The molecule has 1 aromatic heterocycles. The SMILES string of the molecule is CC(NS(=O)(=O)c1ccc(C(N)=S)c(Cl)c1)c1ccsc1. The number of hydrogen-bond donors (Lipinski definition) is 2. The summed E-state index contributed by atoms with van der Waals surface area (Å²) >= 11 is 12.4. The molecule has 0 spiro atoms. The third-order valence-corrected chi connectivity index (χ3v) is 5.66. The van der Waals surface area contributed by atoms with Crippen molar-refractivity contribution >= 4 is 50.2 Å². The number of thiocarbonyl (C=S) groups is 1. The second kappa shape index (κ2) is 6.41. The van der Waals surface area contributed by atoms with Crippen molar-refractivity contribution in [2.75, 3.05) is 0 Å². The molecule has 8 heteroatoms. The number of hydrogen-bond acceptors (Lipinski definition) is 4. The van der Waals surface area contributed by atoms with Gasteiger partial charge in [-0.2, -0.15) is 11.3 Å². The van der Waals surface area contributed by atoms with Crippen LogP contribution in [0.5, 0.6) is 0 Å². The van der Waals surface area contributed by atoms with Crippen molar-refractivity contribution in [3.8, 4) is 0 Å². The Morgan fingerprint density at radius 1 is 1.43 bits per heavy atom. The molecule has 2 aromatic rings. The molecule has 1 atom stereocenters. The minimum Gasteiger partial charge on any atom is -0.389 e. The number of sulfonamides is 1. The number of rotatable bonds is 5. The zero-order valence-corrected chi connectivity index (χ0v) is 14.2. The Labute approximate surface area is 138 Å². The molecule has 112 valence electrons. The molecule has 0 fully saturated rings. The van der Waals surface area contributed by atoms with E-state index < -0.39 is 10.0 Å². The van der Waals surface area contributed by atoms with E-state index in [9.17, 15) is 8.42 Å². The standard InChI is InChI=1S/C13H13ClN2O2S3/c1-8(9-4-5-20-7-9)16-21(17,18)10-2-3-11(13(15)19)12(14)6-10/h2-8,16H,1H3,(H2,15,19). The van der Waals surface area contributed by atoms with Crippen molar-refractivity contribution in [3.05, 3.63) is 51.2 Å². The predicted octanol–water partition coefficient (Wildman–Crippen LogP) is 3.08. The zero-order chi connectivity index (χ0) is 15.6. The third kappa shape index (κ3) is 3.81. The second-order valence-electron chi connectivity index (χ2n) is 4.41. The summed E-state index contributed by atoms with van der Waals surface area (Å²) in [5.41, 5.74) is 6.87. The number of thiophene rings is 1. The highest BCUT2D eigenvalue weighted by Gasteiger charge is 2.20. The van der Waals surface area contributed by atoms with Gasteiger partial charge in [-0.25, -0.2) is 13.1 Å². The van der Waals surface area contributed by atoms with E-state index in [1.165, 1.54) is 29.5 Å². The van der Waals surface area contributed by atoms with Gasteiger partial charge in [-0.1, -0.05) is 23.8 Å². The van der Waals surface area contributed by atoms with Gasteiger partial charge < -0.3 is 5.73 Å². The van der Waals surface area contributed by atoms with Crippen LogP contribution in [0.15, 0.2) is 39.9 Å². The van der Waals surface area contributed by atoms with Crippen molar-refractivity contribution in [2.45, 2.75) is 17.9 Å². The van der Waals surface area contributed by atoms with E-state index in [1.807, 2.05) is 16.8 Å². The largest absolute Gasteiger partial charge is 0.389 e. The molecule has 0 aliphatic carbocycles. The summed E-state index contributed by atoms with van der Waals surface area (Å²) in [4.78, 5) is 0.207. The normalized spacial score (nSPS) is 13.0. The highest BCUT2D eigenvalue weighted by atomic mass is 35.5. The molecule has 1 aromatic carbocycles. The van der Waals surface area contributed by atoms with Crippen LogP contribution in [0, 0.1) is 0 Å². The van der Waals surface area contributed by atoms with Gasteiger partial charge in [0.1, 0.15) is 4.99 Å². The lowest BCUT2D eigenvalue weighted by molar-refractivity contribution is 0.567. The fourth-order valence-corrected chi connectivity index (χ4v) is 4.35. The van der Waals surface area contributed by atoms with Gasteiger partial charge in [0, 0.05) is 11.6 Å². The van der Waals surface area contributed by atoms with E-state index in [4.69, 9.17) is 29.6 Å². The summed E-state index contributed by atoms with van der Waals surface area (Å²) in [6.07, 6.45) is 0. The molecule has 1 heterocycles. The van der Waals surface area contributed by atoms with Crippen molar-refractivity contribution in [3.63, 3.8) is 0 Å². The Bertz CT molecular complexity index is 758. The monoisotopic (exact) mass is 360 g/mol. The van der Waals surface area contributed by atoms with Crippen LogP contribution in [-0.2, 0) is 10.0 Å². The molecular weight excluding hydrogens is 348 g/mol. The first-order chi connectivity index (χ1) is 9.81. The number of nitrogens with two attached hydrogens (primary N) is 1. The van der Waals surface area contributed by atoms with Crippen LogP contribution in [-0.4, -0.2) is 13.4 Å². The number of halogens is 1. The summed E-state index contributed by atoms with van der Waals surface area (Å²) < 4.78 is 27.3. The molecule has 0 saturated carbocycles. The first-order valence-corrected chi connectivity index (χ1v) is 9.16. The highest BCUT2D eigenvalue weighted by Crippen LogP contribution is 2.23. The van der Waals surface area contributed by atoms with E-state index in [2.05, 4.69) is 4.72 Å². The first-order valence-electron chi connectivity index (χ1n) is 5.95. The van der Waals surface area contributed by atoms with E-state index in [0.29, 0.717) is 5.56 Å². The summed E-state index contributed by atoms with van der Waals surface area (Å²) in [7, 11) is -3.66. The van der Waals surface area contributed by atoms with Crippen molar-refractivity contribution in [2.24, 2.45) is 5.73 Å². The van der Waals surface area contributed by atoms with Gasteiger partial charge in [0.2, 0.25) is 10.0 Å². The molecule has 0 radical (unpaired) electrons. The fourth-order valence-electron chi connectivity index (χ4n) is 1.75. The lowest BCUT2D eigenvalue weighted by Crippen LogP contribution is -2.26. The molecule has 4 nitrogen and oxygen atoms in total. The molecular formula is C13H13ClN2O2S3. The van der Waals surface area contributed by atoms with Crippen molar-refractivity contribution in [1.82, 2.24) is 4.72 Å². The van der Waals surface area contributed by atoms with Gasteiger partial charge in [0.05, 0.1) is 9.92 Å². The number of nitrogens with one attached hydrogen (secondary N) is 1. The first kappa shape index (κ1) is 16.4. The Morgan fingerprint density at radius 2 is 2.14 bits per heavy atom. The van der Waals surface area contributed by atoms with Crippen LogP contribution in [0.3, 0.4) is 0 Å². The average molecular weight is 361 g/mol. The summed E-state index contributed by atoms with van der Waals surface area (Å²) in [6.45, 7) is 1.78. The van der Waals surface area contributed by atoms with E-state index in [0.717, 1.165) is 5.56 Å². The maximum atomic E-state index is 12.3. The van der Waals surface area contributed by atoms with E-state index in [1.54, 1.807) is 6.92 Å². The Kier molecular flexibility index (Phi) is 5.00. The minimum absolute atomic E-state index is 0.0783.